The van der Waals surface area contributed by atoms with Crippen LogP contribution < -0.4 is 10.1 Å². The van der Waals surface area contributed by atoms with Crippen LogP contribution in [-0.2, 0) is 24.2 Å². The summed E-state index contributed by atoms with van der Waals surface area (Å²) in [4.78, 5) is 12.8. The third-order valence-electron chi connectivity index (χ3n) is 5.69. The van der Waals surface area contributed by atoms with Gasteiger partial charge in [-0.25, -0.2) is 0 Å². The summed E-state index contributed by atoms with van der Waals surface area (Å²) in [6.45, 7) is 0.762. The molecule has 28 heavy (non-hydrogen) atoms. The lowest BCUT2D eigenvalue weighted by molar-refractivity contribution is -0.128. The smallest absolute Gasteiger partial charge is 0.261 e. The van der Waals surface area contributed by atoms with Crippen molar-refractivity contribution in [1.29, 1.82) is 0 Å². The van der Waals surface area contributed by atoms with E-state index in [0.717, 1.165) is 42.7 Å². The van der Waals surface area contributed by atoms with Crippen LogP contribution in [0.2, 0.25) is 0 Å². The van der Waals surface area contributed by atoms with Crippen LogP contribution in [0.15, 0.2) is 60.8 Å². The Hall–Kier alpha value is -3.08. The molecule has 5 heteroatoms. The van der Waals surface area contributed by atoms with Gasteiger partial charge in [-0.3, -0.25) is 9.48 Å². The second-order valence-corrected chi connectivity index (χ2v) is 7.56. The summed E-state index contributed by atoms with van der Waals surface area (Å²) in [6, 6.07) is 18.2. The van der Waals surface area contributed by atoms with Crippen LogP contribution in [-0.4, -0.2) is 21.8 Å². The number of ether oxygens (including phenoxy) is 1. The SMILES string of the molecule is O=C(N[C@@H]1CCCc2c1cnn2Cc1ccccc1)[C@@H]1Cc2ccccc2O1. The maximum absolute atomic E-state index is 12.8. The maximum Gasteiger partial charge on any atom is 0.261 e. The summed E-state index contributed by atoms with van der Waals surface area (Å²) in [5, 5.41) is 7.83. The van der Waals surface area contributed by atoms with E-state index in [1.54, 1.807) is 0 Å². The van der Waals surface area contributed by atoms with Gasteiger partial charge < -0.3 is 10.1 Å². The number of carbonyl (C=O) groups excluding carboxylic acids is 1. The molecule has 2 heterocycles. The molecule has 2 aromatic carbocycles. The Morgan fingerprint density at radius 2 is 1.96 bits per heavy atom. The van der Waals surface area contributed by atoms with E-state index in [4.69, 9.17) is 4.74 Å². The van der Waals surface area contributed by atoms with Crippen molar-refractivity contribution in [1.82, 2.24) is 15.1 Å². The van der Waals surface area contributed by atoms with Gasteiger partial charge in [-0.1, -0.05) is 48.5 Å². The van der Waals surface area contributed by atoms with Crippen molar-refractivity contribution < 1.29 is 9.53 Å². The highest BCUT2D eigenvalue weighted by atomic mass is 16.5. The van der Waals surface area contributed by atoms with Gasteiger partial charge in [-0.05, 0) is 36.5 Å². The Labute approximate surface area is 164 Å². The third-order valence-corrected chi connectivity index (χ3v) is 5.69. The number of carbonyl (C=O) groups is 1. The molecule has 1 aliphatic heterocycles. The molecule has 0 saturated heterocycles. The number of nitrogens with zero attached hydrogens (tertiary/aromatic N) is 2. The Kier molecular flexibility index (Phi) is 4.35. The average Bonchev–Trinajstić information content (AvgIpc) is 3.34. The van der Waals surface area contributed by atoms with Gasteiger partial charge in [0.05, 0.1) is 18.8 Å². The van der Waals surface area contributed by atoms with Crippen LogP contribution >= 0.6 is 0 Å². The predicted octanol–water partition coefficient (Wildman–Crippen LogP) is 3.43. The van der Waals surface area contributed by atoms with Crippen LogP contribution in [0.1, 0.15) is 41.3 Å². The minimum Gasteiger partial charge on any atom is -0.480 e. The number of amides is 1. The molecule has 2 atom stereocenters. The predicted molar refractivity (Wildman–Crippen MR) is 106 cm³/mol. The summed E-state index contributed by atoms with van der Waals surface area (Å²) in [7, 11) is 0. The highest BCUT2D eigenvalue weighted by molar-refractivity contribution is 5.83. The number of benzene rings is 2. The highest BCUT2D eigenvalue weighted by Crippen LogP contribution is 2.32. The zero-order valence-corrected chi connectivity index (χ0v) is 15.7. The molecule has 3 aromatic rings. The van der Waals surface area contributed by atoms with Crippen molar-refractivity contribution in [2.24, 2.45) is 0 Å². The van der Waals surface area contributed by atoms with E-state index in [9.17, 15) is 4.79 Å². The molecule has 1 aliphatic carbocycles. The van der Waals surface area contributed by atoms with Gasteiger partial charge in [0.25, 0.3) is 5.91 Å². The zero-order chi connectivity index (χ0) is 18.9. The fourth-order valence-corrected chi connectivity index (χ4v) is 4.25. The molecule has 0 unspecified atom stereocenters. The molecule has 0 saturated carbocycles. The fraction of sp³-hybridized carbons (Fsp3) is 0.304. The Balaban J connectivity index is 1.30. The van der Waals surface area contributed by atoms with Crippen molar-refractivity contribution >= 4 is 5.91 Å². The van der Waals surface area contributed by atoms with Crippen LogP contribution in [0.5, 0.6) is 5.75 Å². The zero-order valence-electron chi connectivity index (χ0n) is 15.7. The molecule has 0 bridgehead atoms. The van der Waals surface area contributed by atoms with E-state index in [1.807, 2.05) is 48.7 Å². The molecule has 5 nitrogen and oxygen atoms in total. The number of para-hydroxylation sites is 1. The van der Waals surface area contributed by atoms with Gasteiger partial charge in [0.2, 0.25) is 0 Å². The molecule has 1 amide bonds. The molecule has 2 aliphatic rings. The number of nitrogens with one attached hydrogen (secondary N) is 1. The van der Waals surface area contributed by atoms with E-state index in [0.29, 0.717) is 6.42 Å². The molecule has 1 aromatic heterocycles. The molecule has 0 radical (unpaired) electrons. The number of aromatic nitrogens is 2. The van der Waals surface area contributed by atoms with Crippen LogP contribution in [0, 0.1) is 0 Å². The number of hydrogen-bond donors (Lipinski definition) is 1. The Bertz CT molecular complexity index is 971. The number of rotatable bonds is 4. The summed E-state index contributed by atoms with van der Waals surface area (Å²) < 4.78 is 7.92. The normalized spacial score (nSPS) is 20.1. The number of fused-ring (bicyclic) bond motifs is 2. The van der Waals surface area contributed by atoms with E-state index in [2.05, 4.69) is 27.2 Å². The van der Waals surface area contributed by atoms with Gasteiger partial charge in [0.1, 0.15) is 5.75 Å². The summed E-state index contributed by atoms with van der Waals surface area (Å²) in [6.07, 6.45) is 5.10. The van der Waals surface area contributed by atoms with Crippen molar-refractivity contribution in [2.45, 2.75) is 44.4 Å². The molecular weight excluding hydrogens is 350 g/mol. The first-order valence-corrected chi connectivity index (χ1v) is 9.91. The topological polar surface area (TPSA) is 56.2 Å². The highest BCUT2D eigenvalue weighted by Gasteiger charge is 2.32. The van der Waals surface area contributed by atoms with E-state index in [1.165, 1.54) is 11.3 Å². The van der Waals surface area contributed by atoms with Crippen LogP contribution in [0.4, 0.5) is 0 Å². The first-order chi connectivity index (χ1) is 13.8. The van der Waals surface area contributed by atoms with Gasteiger partial charge in [0.15, 0.2) is 6.10 Å². The van der Waals surface area contributed by atoms with E-state index in [-0.39, 0.29) is 11.9 Å². The van der Waals surface area contributed by atoms with Crippen molar-refractivity contribution in [3.8, 4) is 5.75 Å². The Morgan fingerprint density at radius 1 is 1.14 bits per heavy atom. The van der Waals surface area contributed by atoms with Gasteiger partial charge >= 0.3 is 0 Å². The minimum atomic E-state index is -0.442. The van der Waals surface area contributed by atoms with Crippen molar-refractivity contribution in [3.05, 3.63) is 83.2 Å². The molecule has 0 fully saturated rings. The fourth-order valence-electron chi connectivity index (χ4n) is 4.25. The van der Waals surface area contributed by atoms with E-state index >= 15 is 0 Å². The van der Waals surface area contributed by atoms with Gasteiger partial charge in [-0.15, -0.1) is 0 Å². The van der Waals surface area contributed by atoms with E-state index < -0.39 is 6.10 Å². The first kappa shape index (κ1) is 17.0. The second-order valence-electron chi connectivity index (χ2n) is 7.56. The summed E-state index contributed by atoms with van der Waals surface area (Å²) >= 11 is 0. The largest absolute Gasteiger partial charge is 0.480 e. The summed E-state index contributed by atoms with van der Waals surface area (Å²) in [5.74, 6) is 0.785. The van der Waals surface area contributed by atoms with Crippen molar-refractivity contribution in [2.75, 3.05) is 0 Å². The summed E-state index contributed by atoms with van der Waals surface area (Å²) in [5.41, 5.74) is 4.71. The van der Waals surface area contributed by atoms with Crippen LogP contribution in [0.3, 0.4) is 0 Å². The standard InChI is InChI=1S/C23H23N3O2/c27-23(22-13-17-9-4-5-12-21(17)28-22)25-19-10-6-11-20-18(19)14-24-26(20)15-16-7-2-1-3-8-16/h1-5,7-9,12,14,19,22H,6,10-11,13,15H2,(H,25,27)/t19-,22+/m1/s1. The molecule has 0 spiro atoms. The van der Waals surface area contributed by atoms with Crippen molar-refractivity contribution in [3.63, 3.8) is 0 Å². The monoisotopic (exact) mass is 373 g/mol. The molecule has 1 N–H and O–H groups in total. The third kappa shape index (κ3) is 3.17. The number of hydrogen-bond acceptors (Lipinski definition) is 3. The molecular formula is C23H23N3O2. The first-order valence-electron chi connectivity index (χ1n) is 9.91. The van der Waals surface area contributed by atoms with Gasteiger partial charge in [0, 0.05) is 17.7 Å². The van der Waals surface area contributed by atoms with Gasteiger partial charge in [-0.2, -0.15) is 5.10 Å². The quantitative estimate of drug-likeness (QED) is 0.762. The molecule has 142 valence electrons. The molecule has 5 rings (SSSR count). The lowest BCUT2D eigenvalue weighted by Crippen LogP contribution is -2.40. The lowest BCUT2D eigenvalue weighted by atomic mass is 9.92. The lowest BCUT2D eigenvalue weighted by Gasteiger charge is -2.25. The minimum absolute atomic E-state index is 0.00749. The maximum atomic E-state index is 12.8. The van der Waals surface area contributed by atoms with Crippen LogP contribution in [0.25, 0.3) is 0 Å². The Morgan fingerprint density at radius 3 is 2.82 bits per heavy atom. The average molecular weight is 373 g/mol. The second kappa shape index (κ2) is 7.15.